The maximum absolute atomic E-state index is 12.4. The van der Waals surface area contributed by atoms with Gasteiger partial charge in [0.2, 0.25) is 0 Å². The van der Waals surface area contributed by atoms with E-state index in [1.165, 1.54) is 4.90 Å². The highest BCUT2D eigenvalue weighted by Crippen LogP contribution is 2.20. The number of rotatable bonds is 5. The maximum atomic E-state index is 12.4. The molecule has 7 nitrogen and oxygen atoms in total. The first-order valence-corrected chi connectivity index (χ1v) is 7.15. The lowest BCUT2D eigenvalue weighted by Gasteiger charge is -2.28. The molecule has 0 saturated heterocycles. The summed E-state index contributed by atoms with van der Waals surface area (Å²) in [6.07, 6.45) is 0.160. The van der Waals surface area contributed by atoms with Crippen molar-refractivity contribution in [3.05, 3.63) is 46.7 Å². The van der Waals surface area contributed by atoms with Crippen molar-refractivity contribution >= 4 is 17.8 Å². The van der Waals surface area contributed by atoms with Gasteiger partial charge in [-0.25, -0.2) is 0 Å². The first kappa shape index (κ1) is 16.5. The number of aliphatic hydroxyl groups excluding tert-OH is 1. The standard InChI is InChI=1S/C16H18N2O5/c1-10-2-4-11(5-3-10)9-18-7-6-12(19)14(16(18)23)15(22)17-8-13(20)21/h2-5,19H,6-9H2,1H3,(H,17,22)(H,20,21). The van der Waals surface area contributed by atoms with Gasteiger partial charge in [0, 0.05) is 19.5 Å². The molecule has 3 N–H and O–H groups in total. The summed E-state index contributed by atoms with van der Waals surface area (Å²) in [5.74, 6) is -3.00. The summed E-state index contributed by atoms with van der Waals surface area (Å²) >= 11 is 0. The SMILES string of the molecule is Cc1ccc(CN2CCC(O)=C(C(=O)NCC(=O)O)C2=O)cc1. The highest BCUT2D eigenvalue weighted by atomic mass is 16.4. The van der Waals surface area contributed by atoms with Crippen LogP contribution in [-0.4, -0.2) is 46.0 Å². The second kappa shape index (κ2) is 6.95. The van der Waals surface area contributed by atoms with E-state index in [0.29, 0.717) is 13.1 Å². The molecule has 0 radical (unpaired) electrons. The molecule has 0 unspecified atom stereocenters. The summed E-state index contributed by atoms with van der Waals surface area (Å²) in [6, 6.07) is 7.64. The number of aliphatic carboxylic acids is 1. The monoisotopic (exact) mass is 318 g/mol. The fraction of sp³-hybridized carbons (Fsp3) is 0.312. The molecule has 2 rings (SSSR count). The predicted octanol–water partition coefficient (Wildman–Crippen LogP) is 0.740. The van der Waals surface area contributed by atoms with E-state index in [-0.39, 0.29) is 17.8 Å². The Morgan fingerprint density at radius 3 is 2.52 bits per heavy atom. The fourth-order valence-corrected chi connectivity index (χ4v) is 2.29. The number of aliphatic hydroxyl groups is 1. The van der Waals surface area contributed by atoms with Gasteiger partial charge in [-0.1, -0.05) is 29.8 Å². The van der Waals surface area contributed by atoms with Gasteiger partial charge in [0.25, 0.3) is 11.8 Å². The van der Waals surface area contributed by atoms with Crippen LogP contribution in [0.1, 0.15) is 17.5 Å². The lowest BCUT2D eigenvalue weighted by Crippen LogP contribution is -2.43. The minimum absolute atomic E-state index is 0.160. The number of hydrogen-bond donors (Lipinski definition) is 3. The number of carbonyl (C=O) groups is 3. The van der Waals surface area contributed by atoms with E-state index in [0.717, 1.165) is 11.1 Å². The maximum Gasteiger partial charge on any atom is 0.322 e. The Morgan fingerprint density at radius 2 is 1.91 bits per heavy atom. The van der Waals surface area contributed by atoms with Gasteiger partial charge in [-0.2, -0.15) is 0 Å². The average Bonchev–Trinajstić information content (AvgIpc) is 2.50. The van der Waals surface area contributed by atoms with Crippen LogP contribution in [0.4, 0.5) is 0 Å². The number of aryl methyl sites for hydroxylation is 1. The lowest BCUT2D eigenvalue weighted by atomic mass is 10.0. The topological polar surface area (TPSA) is 107 Å². The van der Waals surface area contributed by atoms with Crippen molar-refractivity contribution in [1.29, 1.82) is 0 Å². The zero-order valence-corrected chi connectivity index (χ0v) is 12.7. The van der Waals surface area contributed by atoms with Crippen molar-refractivity contribution in [2.75, 3.05) is 13.1 Å². The summed E-state index contributed by atoms with van der Waals surface area (Å²) in [5.41, 5.74) is 1.63. The number of hydrogen-bond acceptors (Lipinski definition) is 4. The van der Waals surface area contributed by atoms with Gasteiger partial charge >= 0.3 is 5.97 Å². The lowest BCUT2D eigenvalue weighted by molar-refractivity contribution is -0.138. The van der Waals surface area contributed by atoms with Gasteiger partial charge in [0.15, 0.2) is 0 Å². The van der Waals surface area contributed by atoms with Gasteiger partial charge in [0.1, 0.15) is 17.9 Å². The molecule has 0 atom stereocenters. The van der Waals surface area contributed by atoms with Crippen LogP contribution >= 0.6 is 0 Å². The highest BCUT2D eigenvalue weighted by Gasteiger charge is 2.32. The summed E-state index contributed by atoms with van der Waals surface area (Å²) in [4.78, 5) is 36.3. The van der Waals surface area contributed by atoms with Gasteiger partial charge in [-0.05, 0) is 12.5 Å². The number of amides is 2. The average molecular weight is 318 g/mol. The number of carbonyl (C=O) groups excluding carboxylic acids is 2. The molecule has 1 heterocycles. The molecule has 23 heavy (non-hydrogen) atoms. The smallest absolute Gasteiger partial charge is 0.322 e. The van der Waals surface area contributed by atoms with Gasteiger partial charge < -0.3 is 20.4 Å². The molecule has 7 heteroatoms. The molecule has 0 aromatic heterocycles. The van der Waals surface area contributed by atoms with Crippen molar-refractivity contribution in [2.24, 2.45) is 0 Å². The molecule has 0 saturated carbocycles. The minimum atomic E-state index is -1.22. The molecule has 122 valence electrons. The number of nitrogens with one attached hydrogen (secondary N) is 1. The first-order chi connectivity index (χ1) is 10.9. The van der Waals surface area contributed by atoms with Crippen LogP contribution < -0.4 is 5.32 Å². The quantitative estimate of drug-likeness (QED) is 0.694. The fourth-order valence-electron chi connectivity index (χ4n) is 2.29. The third-order valence-corrected chi connectivity index (χ3v) is 3.53. The molecular formula is C16H18N2O5. The number of carboxylic acids is 1. The van der Waals surface area contributed by atoms with Crippen LogP contribution in [0, 0.1) is 6.92 Å². The van der Waals surface area contributed by atoms with E-state index in [2.05, 4.69) is 5.32 Å². The Balaban J connectivity index is 2.11. The Hall–Kier alpha value is -2.83. The van der Waals surface area contributed by atoms with E-state index >= 15 is 0 Å². The van der Waals surface area contributed by atoms with Crippen molar-refractivity contribution in [1.82, 2.24) is 10.2 Å². The van der Waals surface area contributed by atoms with E-state index in [9.17, 15) is 19.5 Å². The molecule has 1 aromatic rings. The molecule has 0 bridgehead atoms. The van der Waals surface area contributed by atoms with Crippen LogP contribution in [-0.2, 0) is 20.9 Å². The van der Waals surface area contributed by atoms with Crippen molar-refractivity contribution in [3.63, 3.8) is 0 Å². The third kappa shape index (κ3) is 4.09. The van der Waals surface area contributed by atoms with E-state index in [4.69, 9.17) is 5.11 Å². The van der Waals surface area contributed by atoms with E-state index < -0.39 is 24.3 Å². The predicted molar refractivity (Wildman–Crippen MR) is 81.5 cm³/mol. The molecule has 1 aliphatic rings. The third-order valence-electron chi connectivity index (χ3n) is 3.53. The Kier molecular flexibility index (Phi) is 5.00. The molecule has 2 amide bonds. The summed E-state index contributed by atoms with van der Waals surface area (Å²) in [6.45, 7) is 1.97. The van der Waals surface area contributed by atoms with Crippen LogP contribution in [0.15, 0.2) is 35.6 Å². The molecule has 0 spiro atoms. The van der Waals surface area contributed by atoms with E-state index in [1.807, 2.05) is 31.2 Å². The normalized spacial score (nSPS) is 14.8. The van der Waals surface area contributed by atoms with Crippen LogP contribution in [0.2, 0.25) is 0 Å². The first-order valence-electron chi connectivity index (χ1n) is 7.15. The second-order valence-corrected chi connectivity index (χ2v) is 5.36. The van der Waals surface area contributed by atoms with Crippen LogP contribution in [0.25, 0.3) is 0 Å². The Labute approximate surface area is 133 Å². The zero-order valence-electron chi connectivity index (χ0n) is 12.7. The Morgan fingerprint density at radius 1 is 1.26 bits per heavy atom. The number of carboxylic acid groups (broad SMARTS) is 1. The summed E-state index contributed by atoms with van der Waals surface area (Å²) < 4.78 is 0. The second-order valence-electron chi connectivity index (χ2n) is 5.36. The zero-order chi connectivity index (χ0) is 17.0. The molecular weight excluding hydrogens is 300 g/mol. The van der Waals surface area contributed by atoms with Gasteiger partial charge in [0.05, 0.1) is 0 Å². The van der Waals surface area contributed by atoms with Crippen molar-refractivity contribution in [3.8, 4) is 0 Å². The minimum Gasteiger partial charge on any atom is -0.511 e. The highest BCUT2D eigenvalue weighted by molar-refractivity contribution is 6.19. The number of nitrogens with zero attached hydrogens (tertiary/aromatic N) is 1. The van der Waals surface area contributed by atoms with Crippen molar-refractivity contribution in [2.45, 2.75) is 19.9 Å². The van der Waals surface area contributed by atoms with Crippen LogP contribution in [0.3, 0.4) is 0 Å². The van der Waals surface area contributed by atoms with Crippen molar-refractivity contribution < 1.29 is 24.6 Å². The van der Waals surface area contributed by atoms with Gasteiger partial charge in [-0.3, -0.25) is 14.4 Å². The molecule has 1 aromatic carbocycles. The Bertz CT molecular complexity index is 664. The summed E-state index contributed by atoms with van der Waals surface area (Å²) in [5, 5.41) is 20.5. The summed E-state index contributed by atoms with van der Waals surface area (Å²) in [7, 11) is 0. The molecule has 0 aliphatic carbocycles. The largest absolute Gasteiger partial charge is 0.511 e. The number of benzene rings is 1. The molecule has 1 aliphatic heterocycles. The molecule has 0 fully saturated rings. The van der Waals surface area contributed by atoms with E-state index in [1.54, 1.807) is 0 Å². The van der Waals surface area contributed by atoms with Crippen LogP contribution in [0.5, 0.6) is 0 Å². The van der Waals surface area contributed by atoms with Gasteiger partial charge in [-0.15, -0.1) is 0 Å².